The van der Waals surface area contributed by atoms with E-state index in [1.165, 1.54) is 0 Å². The second-order valence-electron chi connectivity index (χ2n) is 8.06. The van der Waals surface area contributed by atoms with Crippen LogP contribution in [0.2, 0.25) is 19.6 Å². The lowest BCUT2D eigenvalue weighted by Crippen LogP contribution is -2.39. The Hall–Kier alpha value is -2.38. The highest BCUT2D eigenvalue weighted by atomic mass is 28.3. The van der Waals surface area contributed by atoms with Crippen LogP contribution in [0.4, 0.5) is 0 Å². The largest absolute Gasteiger partial charge is 0.463 e. The molecule has 1 aliphatic carbocycles. The van der Waals surface area contributed by atoms with Gasteiger partial charge in [-0.3, -0.25) is 4.79 Å². The third-order valence-electron chi connectivity index (χ3n) is 4.89. The molecule has 2 rings (SSSR count). The van der Waals surface area contributed by atoms with Crippen LogP contribution in [0.25, 0.3) is 0 Å². The first-order chi connectivity index (χ1) is 12.7. The molecule has 0 fully saturated rings. The quantitative estimate of drug-likeness (QED) is 0.415. The number of rotatable bonds is 4. The highest BCUT2D eigenvalue weighted by Crippen LogP contribution is 2.22. The summed E-state index contributed by atoms with van der Waals surface area (Å²) in [6.45, 7) is 10.5. The highest BCUT2D eigenvalue weighted by Gasteiger charge is 2.26. The van der Waals surface area contributed by atoms with E-state index in [9.17, 15) is 9.59 Å². The van der Waals surface area contributed by atoms with Crippen molar-refractivity contribution >= 4 is 19.8 Å². The molecule has 142 valence electrons. The molecule has 1 aromatic rings. The van der Waals surface area contributed by atoms with Crippen molar-refractivity contribution in [1.29, 1.82) is 0 Å². The van der Waals surface area contributed by atoms with Gasteiger partial charge in [-0.1, -0.05) is 37.1 Å². The molecule has 0 bridgehead atoms. The lowest BCUT2D eigenvalue weighted by atomic mass is 9.91. The molecule has 27 heavy (non-hydrogen) atoms. The number of ether oxygens (including phenoxy) is 1. The molecule has 1 aliphatic rings. The van der Waals surface area contributed by atoms with Crippen LogP contribution in [0.5, 0.6) is 0 Å². The fourth-order valence-electron chi connectivity index (χ4n) is 2.60. The first kappa shape index (κ1) is 20.9. The number of Topliss-reactive ketones (excluding diaryl/α,β-unsaturated/α-hetero) is 1. The maximum Gasteiger partial charge on any atom is 0.338 e. The maximum absolute atomic E-state index is 12.2. The summed E-state index contributed by atoms with van der Waals surface area (Å²) in [5, 5.41) is 0. The van der Waals surface area contributed by atoms with Crippen LogP contribution in [0.1, 0.15) is 49.0 Å². The Morgan fingerprint density at radius 2 is 1.85 bits per heavy atom. The van der Waals surface area contributed by atoms with Crippen molar-refractivity contribution in [3.63, 3.8) is 0 Å². The van der Waals surface area contributed by atoms with Crippen LogP contribution in [0.15, 0.2) is 47.6 Å². The molecule has 1 unspecified atom stereocenters. The Kier molecular flexibility index (Phi) is 6.98. The van der Waals surface area contributed by atoms with E-state index in [4.69, 9.17) is 4.74 Å². The average molecular weight is 381 g/mol. The molecule has 4 heteroatoms. The van der Waals surface area contributed by atoms with Gasteiger partial charge in [-0.2, -0.15) is 0 Å². The van der Waals surface area contributed by atoms with Gasteiger partial charge in [-0.05, 0) is 63.1 Å². The number of benzene rings is 1. The summed E-state index contributed by atoms with van der Waals surface area (Å²) in [5.41, 5.74) is 3.25. The van der Waals surface area contributed by atoms with Crippen molar-refractivity contribution < 1.29 is 14.3 Å². The van der Waals surface area contributed by atoms with Gasteiger partial charge in [0.2, 0.25) is 0 Å². The Bertz CT molecular complexity index is 827. The van der Waals surface area contributed by atoms with Gasteiger partial charge in [0, 0.05) is 17.6 Å². The van der Waals surface area contributed by atoms with Gasteiger partial charge in [-0.25, -0.2) is 4.79 Å². The number of hydrogen-bond donors (Lipinski definition) is 0. The minimum atomic E-state index is -1.51. The standard InChI is InChI=1S/C23H28O3Si/c1-17-9-8-12-22(24)21(17)11-7-6-10-19-13-15-20(16-14-19)23(25)26-18(2)27(3,4)5/h7,11,13-16,18H,8-9,12H2,1-5H3. The minimum Gasteiger partial charge on any atom is -0.463 e. The third-order valence-corrected chi connectivity index (χ3v) is 7.45. The molecule has 0 saturated carbocycles. The van der Waals surface area contributed by atoms with Gasteiger partial charge in [0.1, 0.15) is 0 Å². The van der Waals surface area contributed by atoms with E-state index < -0.39 is 8.07 Å². The van der Waals surface area contributed by atoms with Gasteiger partial charge in [0.15, 0.2) is 5.78 Å². The summed E-state index contributed by atoms with van der Waals surface area (Å²) in [6, 6.07) is 7.11. The Labute approximate surface area is 163 Å². The molecule has 1 aromatic carbocycles. The smallest absolute Gasteiger partial charge is 0.338 e. The molecule has 0 aliphatic heterocycles. The lowest BCUT2D eigenvalue weighted by Gasteiger charge is -2.24. The third kappa shape index (κ3) is 6.08. The van der Waals surface area contributed by atoms with Crippen LogP contribution < -0.4 is 0 Å². The number of esters is 1. The summed E-state index contributed by atoms with van der Waals surface area (Å²) >= 11 is 0. The van der Waals surface area contributed by atoms with E-state index >= 15 is 0 Å². The number of allylic oxidation sites excluding steroid dienone is 4. The second kappa shape index (κ2) is 9.01. The monoisotopic (exact) mass is 380 g/mol. The summed E-state index contributed by atoms with van der Waals surface area (Å²) in [5.74, 6) is 5.90. The first-order valence-corrected chi connectivity index (χ1v) is 13.0. The SMILES string of the molecule is CC1=C(C=CC#Cc2ccc(C(=O)OC(C)[Si](C)(C)C)cc2)C(=O)CCC1. The Morgan fingerprint density at radius 3 is 2.44 bits per heavy atom. The molecule has 0 aromatic heterocycles. The predicted molar refractivity (Wildman–Crippen MR) is 112 cm³/mol. The molecule has 1 atom stereocenters. The van der Waals surface area contributed by atoms with Gasteiger partial charge in [0.25, 0.3) is 0 Å². The van der Waals surface area contributed by atoms with Gasteiger partial charge < -0.3 is 4.74 Å². The van der Waals surface area contributed by atoms with Crippen molar-refractivity contribution in [2.75, 3.05) is 0 Å². The fraction of sp³-hybridized carbons (Fsp3) is 0.391. The van der Waals surface area contributed by atoms with E-state index in [2.05, 4.69) is 31.5 Å². The van der Waals surface area contributed by atoms with Crippen LogP contribution in [0, 0.1) is 11.8 Å². The van der Waals surface area contributed by atoms with E-state index in [1.54, 1.807) is 18.2 Å². The van der Waals surface area contributed by atoms with Gasteiger partial charge in [-0.15, -0.1) is 0 Å². The number of ketones is 1. The summed E-state index contributed by atoms with van der Waals surface area (Å²) < 4.78 is 5.57. The van der Waals surface area contributed by atoms with Crippen molar-refractivity contribution in [3.8, 4) is 11.8 Å². The highest BCUT2D eigenvalue weighted by molar-refractivity contribution is 6.77. The summed E-state index contributed by atoms with van der Waals surface area (Å²) in [4.78, 5) is 24.1. The van der Waals surface area contributed by atoms with Gasteiger partial charge in [0.05, 0.1) is 19.4 Å². The van der Waals surface area contributed by atoms with Crippen LogP contribution in [-0.4, -0.2) is 25.6 Å². The molecule has 0 spiro atoms. The second-order valence-corrected chi connectivity index (χ2v) is 13.6. The zero-order valence-electron chi connectivity index (χ0n) is 16.9. The van der Waals surface area contributed by atoms with Crippen LogP contribution >= 0.6 is 0 Å². The molecule has 0 saturated heterocycles. The van der Waals surface area contributed by atoms with Crippen molar-refractivity contribution in [2.24, 2.45) is 0 Å². The fourth-order valence-corrected chi connectivity index (χ4v) is 3.06. The number of carbonyl (C=O) groups is 2. The van der Waals surface area contributed by atoms with E-state index in [1.807, 2.05) is 32.1 Å². The molecule has 0 amide bonds. The van der Waals surface area contributed by atoms with Crippen molar-refractivity contribution in [2.45, 2.75) is 58.5 Å². The molecule has 3 nitrogen and oxygen atoms in total. The van der Waals surface area contributed by atoms with Crippen LogP contribution in [0.3, 0.4) is 0 Å². The zero-order chi connectivity index (χ0) is 20.0. The number of carbonyl (C=O) groups excluding carboxylic acids is 2. The summed E-state index contributed by atoms with van der Waals surface area (Å²) in [6.07, 6.45) is 6.08. The predicted octanol–water partition coefficient (Wildman–Crippen LogP) is 5.09. The van der Waals surface area contributed by atoms with Crippen LogP contribution in [-0.2, 0) is 9.53 Å². The Balaban J connectivity index is 2.00. The molecular formula is C23H28O3Si. The lowest BCUT2D eigenvalue weighted by molar-refractivity contribution is -0.115. The van der Waals surface area contributed by atoms with Crippen molar-refractivity contribution in [3.05, 3.63) is 58.7 Å². The molecule has 0 heterocycles. The zero-order valence-corrected chi connectivity index (χ0v) is 17.9. The average Bonchev–Trinajstić information content (AvgIpc) is 2.60. The number of hydrogen-bond acceptors (Lipinski definition) is 3. The summed E-state index contributed by atoms with van der Waals surface area (Å²) in [7, 11) is -1.51. The maximum atomic E-state index is 12.2. The topological polar surface area (TPSA) is 43.4 Å². The first-order valence-electron chi connectivity index (χ1n) is 9.40. The van der Waals surface area contributed by atoms with Crippen molar-refractivity contribution in [1.82, 2.24) is 0 Å². The van der Waals surface area contributed by atoms with E-state index in [0.29, 0.717) is 12.0 Å². The molecular weight excluding hydrogens is 352 g/mol. The Morgan fingerprint density at radius 1 is 1.19 bits per heavy atom. The minimum absolute atomic E-state index is 0.0325. The molecule has 0 N–H and O–H groups in total. The van der Waals surface area contributed by atoms with E-state index in [-0.39, 0.29) is 17.5 Å². The normalized spacial score (nSPS) is 16.1. The van der Waals surface area contributed by atoms with E-state index in [0.717, 1.165) is 29.6 Å². The molecule has 0 radical (unpaired) electrons. The van der Waals surface area contributed by atoms with Gasteiger partial charge >= 0.3 is 5.97 Å².